The van der Waals surface area contributed by atoms with Crippen LogP contribution in [0.15, 0.2) is 0 Å². The standard InChI is InChI=1S/C10H16O4/c1-9(2,3)13-7(11)6-8(12)14-10(6,4)5/h6H,1-5H3/t6-/m1/s1. The summed E-state index contributed by atoms with van der Waals surface area (Å²) >= 11 is 0. The highest BCUT2D eigenvalue weighted by atomic mass is 16.6. The van der Waals surface area contributed by atoms with Crippen molar-refractivity contribution in [3.63, 3.8) is 0 Å². The van der Waals surface area contributed by atoms with Gasteiger partial charge in [-0.2, -0.15) is 0 Å². The van der Waals surface area contributed by atoms with Crippen molar-refractivity contribution in [1.29, 1.82) is 0 Å². The van der Waals surface area contributed by atoms with Crippen molar-refractivity contribution in [2.45, 2.75) is 45.8 Å². The Kier molecular flexibility index (Phi) is 2.34. The van der Waals surface area contributed by atoms with Crippen molar-refractivity contribution < 1.29 is 19.1 Å². The minimum absolute atomic E-state index is 0.496. The SMILES string of the molecule is CC(C)(C)OC(=O)[C@@H]1C(=O)OC1(C)C. The van der Waals surface area contributed by atoms with Crippen molar-refractivity contribution in [3.8, 4) is 0 Å². The summed E-state index contributed by atoms with van der Waals surface area (Å²) in [6.45, 7) is 8.69. The van der Waals surface area contributed by atoms with Gasteiger partial charge >= 0.3 is 11.9 Å². The summed E-state index contributed by atoms with van der Waals surface area (Å²) in [5.41, 5.74) is -1.29. The van der Waals surface area contributed by atoms with Crippen LogP contribution in [0.4, 0.5) is 0 Å². The molecule has 1 aliphatic heterocycles. The lowest BCUT2D eigenvalue weighted by Gasteiger charge is -2.41. The molecule has 0 bridgehead atoms. The van der Waals surface area contributed by atoms with Gasteiger partial charge < -0.3 is 9.47 Å². The Labute approximate surface area is 83.6 Å². The number of cyclic esters (lactones) is 1. The molecule has 80 valence electrons. The molecule has 14 heavy (non-hydrogen) atoms. The van der Waals surface area contributed by atoms with Crippen molar-refractivity contribution >= 4 is 11.9 Å². The first-order chi connectivity index (χ1) is 6.13. The van der Waals surface area contributed by atoms with Gasteiger partial charge in [-0.15, -0.1) is 0 Å². The molecular formula is C10H16O4. The van der Waals surface area contributed by atoms with E-state index < -0.39 is 29.1 Å². The molecule has 0 aromatic carbocycles. The van der Waals surface area contributed by atoms with E-state index in [9.17, 15) is 9.59 Å². The van der Waals surface area contributed by atoms with Crippen LogP contribution in [0.3, 0.4) is 0 Å². The highest BCUT2D eigenvalue weighted by molar-refractivity contribution is 6.00. The molecule has 1 saturated heterocycles. The van der Waals surface area contributed by atoms with E-state index >= 15 is 0 Å². The predicted octanol–water partition coefficient (Wildman–Crippen LogP) is 1.28. The number of carbonyl (C=O) groups excluding carboxylic acids is 2. The zero-order chi connectivity index (χ0) is 11.1. The maximum atomic E-state index is 11.5. The van der Waals surface area contributed by atoms with Gasteiger partial charge in [0.05, 0.1) is 0 Å². The maximum absolute atomic E-state index is 11.5. The molecule has 1 atom stereocenters. The minimum atomic E-state index is -0.776. The van der Waals surface area contributed by atoms with E-state index in [4.69, 9.17) is 9.47 Å². The fourth-order valence-corrected chi connectivity index (χ4v) is 1.34. The van der Waals surface area contributed by atoms with Gasteiger partial charge in [-0.25, -0.2) is 0 Å². The van der Waals surface area contributed by atoms with Crippen molar-refractivity contribution in [1.82, 2.24) is 0 Å². The Morgan fingerprint density at radius 2 is 1.93 bits per heavy atom. The molecule has 1 rings (SSSR count). The Morgan fingerprint density at radius 3 is 2.21 bits per heavy atom. The number of hydrogen-bond acceptors (Lipinski definition) is 4. The van der Waals surface area contributed by atoms with Gasteiger partial charge in [-0.1, -0.05) is 0 Å². The van der Waals surface area contributed by atoms with Gasteiger partial charge in [0.1, 0.15) is 11.2 Å². The molecular weight excluding hydrogens is 184 g/mol. The highest BCUT2D eigenvalue weighted by Gasteiger charge is 2.55. The third-order valence-electron chi connectivity index (χ3n) is 1.94. The second-order valence-electron chi connectivity index (χ2n) is 4.99. The lowest BCUT2D eigenvalue weighted by molar-refractivity contribution is -0.215. The van der Waals surface area contributed by atoms with Crippen LogP contribution in [0.1, 0.15) is 34.6 Å². The topological polar surface area (TPSA) is 52.6 Å². The molecule has 4 nitrogen and oxygen atoms in total. The fraction of sp³-hybridized carbons (Fsp3) is 0.800. The summed E-state index contributed by atoms with van der Waals surface area (Å²) in [5, 5.41) is 0. The van der Waals surface area contributed by atoms with Crippen molar-refractivity contribution in [2.75, 3.05) is 0 Å². The zero-order valence-corrected chi connectivity index (χ0v) is 9.21. The van der Waals surface area contributed by atoms with E-state index in [1.165, 1.54) is 0 Å². The van der Waals surface area contributed by atoms with Crippen LogP contribution in [0.25, 0.3) is 0 Å². The average molecular weight is 200 g/mol. The summed E-state index contributed by atoms with van der Waals surface area (Å²) in [6.07, 6.45) is 0. The van der Waals surface area contributed by atoms with Crippen molar-refractivity contribution in [3.05, 3.63) is 0 Å². The first kappa shape index (κ1) is 11.0. The lowest BCUT2D eigenvalue weighted by atomic mass is 9.85. The van der Waals surface area contributed by atoms with Crippen LogP contribution < -0.4 is 0 Å². The highest BCUT2D eigenvalue weighted by Crippen LogP contribution is 2.35. The van der Waals surface area contributed by atoms with Gasteiger partial charge in [0.25, 0.3) is 0 Å². The van der Waals surface area contributed by atoms with E-state index in [0.29, 0.717) is 0 Å². The van der Waals surface area contributed by atoms with Gasteiger partial charge in [0.2, 0.25) is 0 Å². The molecule has 1 heterocycles. The van der Waals surface area contributed by atoms with Crippen LogP contribution in [-0.4, -0.2) is 23.1 Å². The molecule has 0 saturated carbocycles. The monoisotopic (exact) mass is 200 g/mol. The van der Waals surface area contributed by atoms with E-state index in [2.05, 4.69) is 0 Å². The number of rotatable bonds is 1. The molecule has 0 amide bonds. The van der Waals surface area contributed by atoms with Gasteiger partial charge in [-0.05, 0) is 34.6 Å². The first-order valence-electron chi connectivity index (χ1n) is 4.59. The molecule has 4 heteroatoms. The molecule has 0 radical (unpaired) electrons. The number of esters is 2. The summed E-state index contributed by atoms with van der Waals surface area (Å²) in [6, 6.07) is 0. The van der Waals surface area contributed by atoms with Gasteiger partial charge in [0, 0.05) is 0 Å². The first-order valence-corrected chi connectivity index (χ1v) is 4.59. The van der Waals surface area contributed by atoms with E-state index in [1.807, 2.05) is 0 Å². The molecule has 0 aliphatic carbocycles. The largest absolute Gasteiger partial charge is 0.459 e. The van der Waals surface area contributed by atoms with Crippen LogP contribution >= 0.6 is 0 Å². The summed E-state index contributed by atoms with van der Waals surface area (Å²) in [7, 11) is 0. The minimum Gasteiger partial charge on any atom is -0.459 e. The summed E-state index contributed by atoms with van der Waals surface area (Å²) < 4.78 is 9.94. The third kappa shape index (κ3) is 2.05. The van der Waals surface area contributed by atoms with E-state index in [0.717, 1.165) is 0 Å². The molecule has 1 aliphatic rings. The molecule has 0 aromatic heterocycles. The van der Waals surface area contributed by atoms with Gasteiger partial charge in [0.15, 0.2) is 5.92 Å². The van der Waals surface area contributed by atoms with Crippen LogP contribution in [0.5, 0.6) is 0 Å². The summed E-state index contributed by atoms with van der Waals surface area (Å²) in [4.78, 5) is 22.6. The third-order valence-corrected chi connectivity index (χ3v) is 1.94. The Bertz CT molecular complexity index is 272. The Morgan fingerprint density at radius 1 is 1.43 bits per heavy atom. The zero-order valence-electron chi connectivity index (χ0n) is 9.21. The summed E-state index contributed by atoms with van der Waals surface area (Å²) in [5.74, 6) is -1.77. The normalized spacial score (nSPS) is 24.9. The van der Waals surface area contributed by atoms with E-state index in [-0.39, 0.29) is 0 Å². The fourth-order valence-electron chi connectivity index (χ4n) is 1.34. The van der Waals surface area contributed by atoms with E-state index in [1.54, 1.807) is 34.6 Å². The second-order valence-corrected chi connectivity index (χ2v) is 4.99. The molecule has 1 fully saturated rings. The van der Waals surface area contributed by atoms with Crippen LogP contribution in [0.2, 0.25) is 0 Å². The Balaban J connectivity index is 2.66. The quantitative estimate of drug-likeness (QED) is 0.472. The number of carbonyl (C=O) groups is 2. The smallest absolute Gasteiger partial charge is 0.325 e. The average Bonchev–Trinajstić information content (AvgIpc) is 1.77. The molecule has 0 N–H and O–H groups in total. The predicted molar refractivity (Wildman–Crippen MR) is 49.5 cm³/mol. The van der Waals surface area contributed by atoms with Gasteiger partial charge in [-0.3, -0.25) is 9.59 Å². The lowest BCUT2D eigenvalue weighted by Crippen LogP contribution is -2.58. The maximum Gasteiger partial charge on any atom is 0.325 e. The molecule has 0 aromatic rings. The Hall–Kier alpha value is -1.06. The molecule has 0 unspecified atom stereocenters. The van der Waals surface area contributed by atoms with Crippen LogP contribution in [0, 0.1) is 5.92 Å². The molecule has 0 spiro atoms. The number of ether oxygens (including phenoxy) is 2. The van der Waals surface area contributed by atoms with Crippen molar-refractivity contribution in [2.24, 2.45) is 5.92 Å². The van der Waals surface area contributed by atoms with Crippen LogP contribution in [-0.2, 0) is 19.1 Å². The number of hydrogen-bond donors (Lipinski definition) is 0. The second kappa shape index (κ2) is 2.97.